The normalized spacial score (nSPS) is 17.6. The number of hydrogen-bond donors (Lipinski definition) is 1. The van der Waals surface area contributed by atoms with E-state index in [1.165, 1.54) is 27.1 Å². The SMILES string of the molecule is CC1=C(C#C/C(C)=C\C[P+](c2ccccc2)(c2ccccc2)c2ccccc2)C(C)(C)C[C@H](O)C1.[Cl-]. The molecule has 0 amide bonds. The average molecular weight is 515 g/mol. The van der Waals surface area contributed by atoms with Gasteiger partial charge in [0.2, 0.25) is 0 Å². The third-order valence-electron chi connectivity index (χ3n) is 7.04. The summed E-state index contributed by atoms with van der Waals surface area (Å²) < 4.78 is 0. The number of allylic oxidation sites excluding steroid dienone is 3. The number of hydrogen-bond acceptors (Lipinski definition) is 1. The van der Waals surface area contributed by atoms with E-state index in [1.54, 1.807) is 0 Å². The Bertz CT molecular complexity index is 1170. The molecule has 3 aromatic rings. The Hall–Kier alpha value is -2.62. The van der Waals surface area contributed by atoms with Gasteiger partial charge in [-0.1, -0.05) is 85.9 Å². The fraction of sp³-hybridized carbons (Fsp3) is 0.273. The Labute approximate surface area is 224 Å². The minimum atomic E-state index is -1.90. The van der Waals surface area contributed by atoms with Gasteiger partial charge in [-0.15, -0.1) is 0 Å². The maximum absolute atomic E-state index is 10.2. The number of benzene rings is 3. The second-order valence-corrected chi connectivity index (χ2v) is 13.8. The first-order valence-electron chi connectivity index (χ1n) is 12.4. The second kappa shape index (κ2) is 12.1. The van der Waals surface area contributed by atoms with Crippen LogP contribution in [0.5, 0.6) is 0 Å². The van der Waals surface area contributed by atoms with Crippen molar-refractivity contribution in [3.8, 4) is 11.8 Å². The number of aliphatic hydroxyl groups excluding tert-OH is 1. The van der Waals surface area contributed by atoms with Gasteiger partial charge in [0.25, 0.3) is 0 Å². The molecule has 0 fully saturated rings. The standard InChI is InChI=1S/C33H36OP.ClH/c1-26(20-21-32-27(2)24-28(34)25-33(32,3)4)22-23-35(29-14-8-5-9-15-29,30-16-10-6-11-17-30)31-18-12-7-13-19-31;/h5-19,22,28,34H,23-25H2,1-4H3;1H/q+1;/p-1/b26-22-;/t28-;/m1./s1. The van der Waals surface area contributed by atoms with Crippen LogP contribution in [-0.4, -0.2) is 17.4 Å². The molecule has 0 saturated heterocycles. The van der Waals surface area contributed by atoms with E-state index in [2.05, 4.69) is 137 Å². The van der Waals surface area contributed by atoms with E-state index in [9.17, 15) is 5.11 Å². The summed E-state index contributed by atoms with van der Waals surface area (Å²) in [6.45, 7) is 8.63. The van der Waals surface area contributed by atoms with E-state index in [4.69, 9.17) is 0 Å². The molecule has 1 N–H and O–H groups in total. The second-order valence-electron chi connectivity index (χ2n) is 10.2. The van der Waals surface area contributed by atoms with Crippen molar-refractivity contribution in [3.05, 3.63) is 114 Å². The maximum atomic E-state index is 10.2. The molecule has 4 rings (SSSR count). The Morgan fingerprint density at radius 3 is 1.75 bits per heavy atom. The van der Waals surface area contributed by atoms with E-state index in [0.717, 1.165) is 24.6 Å². The van der Waals surface area contributed by atoms with Crippen LogP contribution in [0.15, 0.2) is 114 Å². The third kappa shape index (κ3) is 6.02. The molecule has 0 aromatic heterocycles. The highest BCUT2D eigenvalue weighted by atomic mass is 35.5. The molecule has 1 nitrogen and oxygen atoms in total. The van der Waals surface area contributed by atoms with E-state index >= 15 is 0 Å². The molecule has 1 aliphatic rings. The largest absolute Gasteiger partial charge is 1.00 e. The molecule has 0 heterocycles. The van der Waals surface area contributed by atoms with Crippen molar-refractivity contribution in [1.82, 2.24) is 0 Å². The lowest BCUT2D eigenvalue weighted by atomic mass is 9.72. The van der Waals surface area contributed by atoms with Crippen LogP contribution in [0.1, 0.15) is 40.5 Å². The molecular formula is C33H36ClOP. The predicted molar refractivity (Wildman–Crippen MR) is 153 cm³/mol. The number of halogens is 1. The third-order valence-corrected chi connectivity index (χ3v) is 11.3. The minimum absolute atomic E-state index is 0. The van der Waals surface area contributed by atoms with Crippen LogP contribution in [0, 0.1) is 17.3 Å². The highest BCUT2D eigenvalue weighted by Gasteiger charge is 2.44. The zero-order chi connectivity index (χ0) is 24.9. The first-order valence-corrected chi connectivity index (χ1v) is 14.4. The zero-order valence-corrected chi connectivity index (χ0v) is 23.4. The quantitative estimate of drug-likeness (QED) is 0.408. The van der Waals surface area contributed by atoms with Gasteiger partial charge in [-0.25, -0.2) is 0 Å². The molecule has 3 aromatic carbocycles. The lowest BCUT2D eigenvalue weighted by Crippen LogP contribution is -3.00. The molecule has 3 heteroatoms. The van der Waals surface area contributed by atoms with E-state index in [0.29, 0.717) is 0 Å². The summed E-state index contributed by atoms with van der Waals surface area (Å²) in [5.41, 5.74) is 3.41. The summed E-state index contributed by atoms with van der Waals surface area (Å²) in [7, 11) is -1.90. The molecule has 0 unspecified atom stereocenters. The van der Waals surface area contributed by atoms with Gasteiger partial charge >= 0.3 is 0 Å². The molecule has 1 aliphatic carbocycles. The summed E-state index contributed by atoms with van der Waals surface area (Å²) in [5.74, 6) is 6.97. The van der Waals surface area contributed by atoms with Gasteiger partial charge in [0.15, 0.2) is 0 Å². The van der Waals surface area contributed by atoms with Gasteiger partial charge < -0.3 is 17.5 Å². The fourth-order valence-electron chi connectivity index (χ4n) is 5.37. The lowest BCUT2D eigenvalue weighted by molar-refractivity contribution is -0.0000116. The molecule has 0 spiro atoms. The molecule has 0 radical (unpaired) electrons. The van der Waals surface area contributed by atoms with Crippen molar-refractivity contribution in [1.29, 1.82) is 0 Å². The van der Waals surface area contributed by atoms with Crippen molar-refractivity contribution < 1.29 is 17.5 Å². The van der Waals surface area contributed by atoms with Crippen LogP contribution in [0.3, 0.4) is 0 Å². The predicted octanol–water partition coefficient (Wildman–Crippen LogP) is 3.43. The van der Waals surface area contributed by atoms with E-state index in [1.807, 2.05) is 0 Å². The van der Waals surface area contributed by atoms with Crippen LogP contribution in [0.2, 0.25) is 0 Å². The lowest BCUT2D eigenvalue weighted by Gasteiger charge is -2.34. The molecule has 186 valence electrons. The minimum Gasteiger partial charge on any atom is -1.00 e. The Balaban J connectivity index is 0.00000361. The maximum Gasteiger partial charge on any atom is 0.116 e. The molecule has 0 bridgehead atoms. The van der Waals surface area contributed by atoms with Gasteiger partial charge in [-0.2, -0.15) is 0 Å². The van der Waals surface area contributed by atoms with Gasteiger partial charge in [-0.3, -0.25) is 0 Å². The number of aliphatic hydroxyl groups is 1. The van der Waals surface area contributed by atoms with Crippen molar-refractivity contribution >= 4 is 23.2 Å². The Morgan fingerprint density at radius 2 is 1.33 bits per heavy atom. The van der Waals surface area contributed by atoms with Crippen LogP contribution in [0.4, 0.5) is 0 Å². The molecule has 1 atom stereocenters. The summed E-state index contributed by atoms with van der Waals surface area (Å²) in [6, 6.07) is 32.9. The molecule has 0 aliphatic heterocycles. The Kier molecular flexibility index (Phi) is 9.38. The fourth-order valence-corrected chi connectivity index (χ4v) is 9.49. The van der Waals surface area contributed by atoms with Gasteiger partial charge in [0.1, 0.15) is 23.2 Å². The molecule has 0 saturated carbocycles. The average Bonchev–Trinajstić information content (AvgIpc) is 2.85. The van der Waals surface area contributed by atoms with E-state index in [-0.39, 0.29) is 23.9 Å². The van der Waals surface area contributed by atoms with Crippen molar-refractivity contribution in [2.75, 3.05) is 6.16 Å². The van der Waals surface area contributed by atoms with Crippen molar-refractivity contribution in [2.24, 2.45) is 5.41 Å². The highest BCUT2D eigenvalue weighted by molar-refractivity contribution is 7.95. The summed E-state index contributed by atoms with van der Waals surface area (Å²) in [4.78, 5) is 0. The van der Waals surface area contributed by atoms with Gasteiger partial charge in [0, 0.05) is 11.0 Å². The molecular weight excluding hydrogens is 479 g/mol. The first-order chi connectivity index (χ1) is 16.8. The van der Waals surface area contributed by atoms with Gasteiger partial charge in [-0.05, 0) is 74.7 Å². The van der Waals surface area contributed by atoms with Gasteiger partial charge in [0.05, 0.1) is 12.3 Å². The molecule has 36 heavy (non-hydrogen) atoms. The van der Waals surface area contributed by atoms with Crippen molar-refractivity contribution in [3.63, 3.8) is 0 Å². The summed E-state index contributed by atoms with van der Waals surface area (Å²) >= 11 is 0. The zero-order valence-electron chi connectivity index (χ0n) is 21.7. The highest BCUT2D eigenvalue weighted by Crippen LogP contribution is 2.55. The smallest absolute Gasteiger partial charge is 0.116 e. The van der Waals surface area contributed by atoms with Crippen LogP contribution >= 0.6 is 7.26 Å². The van der Waals surface area contributed by atoms with Crippen LogP contribution < -0.4 is 28.3 Å². The summed E-state index contributed by atoms with van der Waals surface area (Å²) in [5, 5.41) is 14.4. The monoisotopic (exact) mass is 514 g/mol. The summed E-state index contributed by atoms with van der Waals surface area (Å²) in [6.07, 6.45) is 4.49. The van der Waals surface area contributed by atoms with E-state index < -0.39 is 7.26 Å². The Morgan fingerprint density at radius 1 is 0.889 bits per heavy atom. The topological polar surface area (TPSA) is 20.2 Å². The van der Waals surface area contributed by atoms with Crippen LogP contribution in [0.25, 0.3) is 0 Å². The van der Waals surface area contributed by atoms with Crippen LogP contribution in [-0.2, 0) is 0 Å². The van der Waals surface area contributed by atoms with Crippen molar-refractivity contribution in [2.45, 2.75) is 46.6 Å². The number of rotatable bonds is 5. The first kappa shape index (κ1) is 28.0.